The molecule has 0 fully saturated rings. The molecule has 19 heavy (non-hydrogen) atoms. The SMILES string of the molecule is CCc1cc(Br)ccc1NCC(O)c1ccccc1. The van der Waals surface area contributed by atoms with Gasteiger partial charge in [0, 0.05) is 16.7 Å². The minimum Gasteiger partial charge on any atom is -0.387 e. The molecule has 2 N–H and O–H groups in total. The van der Waals surface area contributed by atoms with Crippen molar-refractivity contribution in [1.82, 2.24) is 0 Å². The van der Waals surface area contributed by atoms with Crippen molar-refractivity contribution in [2.45, 2.75) is 19.4 Å². The van der Waals surface area contributed by atoms with E-state index in [2.05, 4.69) is 34.2 Å². The Morgan fingerprint density at radius 3 is 2.58 bits per heavy atom. The number of rotatable bonds is 5. The van der Waals surface area contributed by atoms with Crippen molar-refractivity contribution in [1.29, 1.82) is 0 Å². The van der Waals surface area contributed by atoms with Crippen LogP contribution in [0.15, 0.2) is 53.0 Å². The molecule has 0 aliphatic carbocycles. The van der Waals surface area contributed by atoms with Crippen molar-refractivity contribution in [3.05, 3.63) is 64.1 Å². The van der Waals surface area contributed by atoms with Gasteiger partial charge in [-0.05, 0) is 35.7 Å². The van der Waals surface area contributed by atoms with Crippen LogP contribution in [0.5, 0.6) is 0 Å². The number of aryl methyl sites for hydroxylation is 1. The quantitative estimate of drug-likeness (QED) is 0.867. The van der Waals surface area contributed by atoms with Crippen LogP contribution in [0.2, 0.25) is 0 Å². The number of anilines is 1. The van der Waals surface area contributed by atoms with Gasteiger partial charge >= 0.3 is 0 Å². The van der Waals surface area contributed by atoms with Crippen LogP contribution in [0.1, 0.15) is 24.2 Å². The van der Waals surface area contributed by atoms with Crippen LogP contribution in [-0.4, -0.2) is 11.7 Å². The van der Waals surface area contributed by atoms with Gasteiger partial charge in [-0.1, -0.05) is 53.2 Å². The topological polar surface area (TPSA) is 32.3 Å². The van der Waals surface area contributed by atoms with E-state index < -0.39 is 6.10 Å². The lowest BCUT2D eigenvalue weighted by molar-refractivity contribution is 0.191. The van der Waals surface area contributed by atoms with Crippen molar-refractivity contribution in [3.63, 3.8) is 0 Å². The van der Waals surface area contributed by atoms with Crippen LogP contribution in [0.3, 0.4) is 0 Å². The fourth-order valence-electron chi connectivity index (χ4n) is 2.03. The molecule has 0 saturated heterocycles. The number of benzene rings is 2. The molecule has 0 radical (unpaired) electrons. The van der Waals surface area contributed by atoms with E-state index in [1.807, 2.05) is 42.5 Å². The third-order valence-corrected chi connectivity index (χ3v) is 3.61. The monoisotopic (exact) mass is 319 g/mol. The summed E-state index contributed by atoms with van der Waals surface area (Å²) in [6, 6.07) is 15.9. The van der Waals surface area contributed by atoms with Gasteiger partial charge in [0.1, 0.15) is 0 Å². The first kappa shape index (κ1) is 14.1. The van der Waals surface area contributed by atoms with Gasteiger partial charge in [-0.25, -0.2) is 0 Å². The van der Waals surface area contributed by atoms with Gasteiger partial charge in [0.25, 0.3) is 0 Å². The molecule has 1 atom stereocenters. The molecule has 0 aliphatic rings. The highest BCUT2D eigenvalue weighted by Crippen LogP contribution is 2.22. The van der Waals surface area contributed by atoms with Crippen LogP contribution in [-0.2, 0) is 6.42 Å². The molecule has 100 valence electrons. The Bertz CT molecular complexity index is 528. The summed E-state index contributed by atoms with van der Waals surface area (Å²) >= 11 is 3.48. The molecule has 0 amide bonds. The van der Waals surface area contributed by atoms with Crippen LogP contribution in [0.4, 0.5) is 5.69 Å². The summed E-state index contributed by atoms with van der Waals surface area (Å²) < 4.78 is 1.08. The maximum Gasteiger partial charge on any atom is 0.0962 e. The molecule has 2 aromatic rings. The maximum absolute atomic E-state index is 10.1. The highest BCUT2D eigenvalue weighted by molar-refractivity contribution is 9.10. The van der Waals surface area contributed by atoms with Crippen molar-refractivity contribution < 1.29 is 5.11 Å². The number of halogens is 1. The average Bonchev–Trinajstić information content (AvgIpc) is 2.46. The predicted octanol–water partition coefficient (Wildman–Crippen LogP) is 4.16. The summed E-state index contributed by atoms with van der Waals surface area (Å²) in [6.07, 6.45) is 0.470. The van der Waals surface area contributed by atoms with Crippen LogP contribution >= 0.6 is 15.9 Å². The van der Waals surface area contributed by atoms with E-state index in [1.165, 1.54) is 5.56 Å². The second kappa shape index (κ2) is 6.73. The minimum atomic E-state index is -0.491. The smallest absolute Gasteiger partial charge is 0.0962 e. The zero-order valence-corrected chi connectivity index (χ0v) is 12.5. The van der Waals surface area contributed by atoms with Crippen molar-refractivity contribution in [3.8, 4) is 0 Å². The molecule has 0 heterocycles. The van der Waals surface area contributed by atoms with Gasteiger partial charge in [-0.3, -0.25) is 0 Å². The van der Waals surface area contributed by atoms with E-state index in [-0.39, 0.29) is 0 Å². The summed E-state index contributed by atoms with van der Waals surface area (Å²) in [7, 11) is 0. The zero-order chi connectivity index (χ0) is 13.7. The van der Waals surface area contributed by atoms with E-state index in [9.17, 15) is 5.11 Å². The first-order valence-electron chi connectivity index (χ1n) is 6.46. The van der Waals surface area contributed by atoms with Gasteiger partial charge in [0.05, 0.1) is 6.10 Å². The summed E-state index contributed by atoms with van der Waals surface area (Å²) in [4.78, 5) is 0. The predicted molar refractivity (Wildman–Crippen MR) is 83.4 cm³/mol. The van der Waals surface area contributed by atoms with Gasteiger partial charge in [-0.15, -0.1) is 0 Å². The lowest BCUT2D eigenvalue weighted by atomic mass is 10.1. The van der Waals surface area contributed by atoms with E-state index in [0.717, 1.165) is 22.1 Å². The second-order valence-electron chi connectivity index (χ2n) is 4.46. The molecule has 2 aromatic carbocycles. The molecule has 1 unspecified atom stereocenters. The lowest BCUT2D eigenvalue weighted by Gasteiger charge is -2.15. The molecule has 0 bridgehead atoms. The van der Waals surface area contributed by atoms with Gasteiger partial charge in [0.15, 0.2) is 0 Å². The fraction of sp³-hybridized carbons (Fsp3) is 0.250. The van der Waals surface area contributed by atoms with Crippen LogP contribution in [0.25, 0.3) is 0 Å². The molecule has 2 rings (SSSR count). The van der Waals surface area contributed by atoms with Crippen LogP contribution in [0, 0.1) is 0 Å². The van der Waals surface area contributed by atoms with Crippen LogP contribution < -0.4 is 5.32 Å². The summed E-state index contributed by atoms with van der Waals surface area (Å²) in [5.41, 5.74) is 3.26. The third-order valence-electron chi connectivity index (χ3n) is 3.12. The third kappa shape index (κ3) is 3.82. The molecule has 3 heteroatoms. The molecular formula is C16H18BrNO. The molecule has 0 aliphatic heterocycles. The Kier molecular flexibility index (Phi) is 5.00. The summed E-state index contributed by atoms with van der Waals surface area (Å²) in [5, 5.41) is 13.4. The number of hydrogen-bond donors (Lipinski definition) is 2. The van der Waals surface area contributed by atoms with Crippen molar-refractivity contribution >= 4 is 21.6 Å². The number of nitrogens with one attached hydrogen (secondary N) is 1. The average molecular weight is 320 g/mol. The number of aliphatic hydroxyl groups is 1. The van der Waals surface area contributed by atoms with Crippen molar-refractivity contribution in [2.75, 3.05) is 11.9 Å². The first-order chi connectivity index (χ1) is 9.20. The van der Waals surface area contributed by atoms with Gasteiger partial charge in [-0.2, -0.15) is 0 Å². The summed E-state index contributed by atoms with van der Waals surface area (Å²) in [5.74, 6) is 0. The Morgan fingerprint density at radius 2 is 1.89 bits per heavy atom. The standard InChI is InChI=1S/C16H18BrNO/c1-2-12-10-14(17)8-9-15(12)18-11-16(19)13-6-4-3-5-7-13/h3-10,16,18-19H,2,11H2,1H3. The Balaban J connectivity index is 2.03. The molecule has 0 spiro atoms. The normalized spacial score (nSPS) is 12.2. The zero-order valence-electron chi connectivity index (χ0n) is 10.9. The fourth-order valence-corrected chi connectivity index (χ4v) is 2.44. The summed E-state index contributed by atoms with van der Waals surface area (Å²) in [6.45, 7) is 2.64. The van der Waals surface area contributed by atoms with E-state index in [1.54, 1.807) is 0 Å². The van der Waals surface area contributed by atoms with E-state index >= 15 is 0 Å². The van der Waals surface area contributed by atoms with Gasteiger partial charge < -0.3 is 10.4 Å². The number of hydrogen-bond acceptors (Lipinski definition) is 2. The molecule has 2 nitrogen and oxygen atoms in total. The van der Waals surface area contributed by atoms with E-state index in [0.29, 0.717) is 6.54 Å². The maximum atomic E-state index is 10.1. The lowest BCUT2D eigenvalue weighted by Crippen LogP contribution is -2.13. The Hall–Kier alpha value is -1.32. The second-order valence-corrected chi connectivity index (χ2v) is 5.38. The Morgan fingerprint density at radius 1 is 1.16 bits per heavy atom. The Labute approximate surface area is 122 Å². The van der Waals surface area contributed by atoms with Crippen molar-refractivity contribution in [2.24, 2.45) is 0 Å². The highest BCUT2D eigenvalue weighted by atomic mass is 79.9. The molecule has 0 aromatic heterocycles. The van der Waals surface area contributed by atoms with E-state index in [4.69, 9.17) is 0 Å². The largest absolute Gasteiger partial charge is 0.387 e. The molecule has 0 saturated carbocycles. The number of aliphatic hydroxyl groups excluding tert-OH is 1. The molecular weight excluding hydrogens is 302 g/mol. The highest BCUT2D eigenvalue weighted by Gasteiger charge is 2.08. The van der Waals surface area contributed by atoms with Gasteiger partial charge in [0.2, 0.25) is 0 Å². The first-order valence-corrected chi connectivity index (χ1v) is 7.25. The minimum absolute atomic E-state index is 0.491.